The molecule has 0 aromatic heterocycles. The molecule has 116 valence electrons. The largest absolute Gasteiger partial charge is 0.504 e. The standard InChI is InChI=1S/C19H23NO2/c1-2-5-16-6-3-4-7-17(16)11-13-20-12-10-15-8-9-18(21)19(22)14-15/h2-4,6-9,14,20-22H,1,5,10-13H2. The van der Waals surface area contributed by atoms with E-state index in [9.17, 15) is 10.2 Å². The summed E-state index contributed by atoms with van der Waals surface area (Å²) >= 11 is 0. The van der Waals surface area contributed by atoms with Gasteiger partial charge in [-0.2, -0.15) is 0 Å². The van der Waals surface area contributed by atoms with E-state index in [1.807, 2.05) is 12.1 Å². The summed E-state index contributed by atoms with van der Waals surface area (Å²) in [6.07, 6.45) is 4.65. The van der Waals surface area contributed by atoms with Gasteiger partial charge in [-0.3, -0.25) is 0 Å². The minimum absolute atomic E-state index is 0.0594. The van der Waals surface area contributed by atoms with Crippen LogP contribution in [0.25, 0.3) is 0 Å². The Labute approximate surface area is 131 Å². The van der Waals surface area contributed by atoms with Gasteiger partial charge in [-0.05, 0) is 61.2 Å². The van der Waals surface area contributed by atoms with Crippen molar-refractivity contribution in [1.29, 1.82) is 0 Å². The average Bonchev–Trinajstić information content (AvgIpc) is 2.52. The minimum Gasteiger partial charge on any atom is -0.504 e. The Morgan fingerprint density at radius 3 is 2.36 bits per heavy atom. The van der Waals surface area contributed by atoms with Gasteiger partial charge < -0.3 is 15.5 Å². The molecular weight excluding hydrogens is 274 g/mol. The summed E-state index contributed by atoms with van der Waals surface area (Å²) in [6.45, 7) is 5.56. The molecule has 0 saturated carbocycles. The van der Waals surface area contributed by atoms with Crippen molar-refractivity contribution < 1.29 is 10.2 Å². The number of allylic oxidation sites excluding steroid dienone is 1. The molecule has 3 heteroatoms. The zero-order valence-corrected chi connectivity index (χ0v) is 12.8. The molecule has 22 heavy (non-hydrogen) atoms. The van der Waals surface area contributed by atoms with Crippen molar-refractivity contribution in [3.05, 3.63) is 71.8 Å². The van der Waals surface area contributed by atoms with Crippen molar-refractivity contribution in [2.24, 2.45) is 0 Å². The highest BCUT2D eigenvalue weighted by molar-refractivity contribution is 5.40. The van der Waals surface area contributed by atoms with Crippen molar-refractivity contribution in [2.75, 3.05) is 13.1 Å². The molecule has 2 aromatic carbocycles. The first-order valence-electron chi connectivity index (χ1n) is 7.60. The molecule has 2 rings (SSSR count). The molecule has 0 bridgehead atoms. The molecule has 0 aliphatic carbocycles. The van der Waals surface area contributed by atoms with Gasteiger partial charge in [-0.25, -0.2) is 0 Å². The van der Waals surface area contributed by atoms with Crippen LogP contribution in [0.4, 0.5) is 0 Å². The van der Waals surface area contributed by atoms with Crippen LogP contribution < -0.4 is 5.32 Å². The number of benzene rings is 2. The van der Waals surface area contributed by atoms with Crippen LogP contribution in [0.1, 0.15) is 16.7 Å². The third-order valence-electron chi connectivity index (χ3n) is 3.68. The van der Waals surface area contributed by atoms with Crippen molar-refractivity contribution in [3.8, 4) is 11.5 Å². The van der Waals surface area contributed by atoms with Crippen LogP contribution in [0.3, 0.4) is 0 Å². The molecule has 0 amide bonds. The van der Waals surface area contributed by atoms with Gasteiger partial charge in [0.1, 0.15) is 0 Å². The molecule has 0 spiro atoms. The number of phenols is 2. The maximum atomic E-state index is 9.45. The zero-order valence-electron chi connectivity index (χ0n) is 12.8. The number of aromatic hydroxyl groups is 2. The predicted molar refractivity (Wildman–Crippen MR) is 90.4 cm³/mol. The third kappa shape index (κ3) is 4.64. The maximum Gasteiger partial charge on any atom is 0.157 e. The Hall–Kier alpha value is -2.26. The fourth-order valence-corrected chi connectivity index (χ4v) is 2.46. The summed E-state index contributed by atoms with van der Waals surface area (Å²) in [5.74, 6) is -0.133. The lowest BCUT2D eigenvalue weighted by Gasteiger charge is -2.09. The van der Waals surface area contributed by atoms with Crippen LogP contribution in [-0.2, 0) is 19.3 Å². The Bertz CT molecular complexity index is 623. The minimum atomic E-state index is -0.0736. The second-order valence-electron chi connectivity index (χ2n) is 5.33. The van der Waals surface area contributed by atoms with Gasteiger partial charge in [0.25, 0.3) is 0 Å². The fraction of sp³-hybridized carbons (Fsp3) is 0.263. The van der Waals surface area contributed by atoms with Crippen LogP contribution in [0.2, 0.25) is 0 Å². The summed E-state index contributed by atoms with van der Waals surface area (Å²) in [6, 6.07) is 13.4. The highest BCUT2D eigenvalue weighted by atomic mass is 16.3. The van der Waals surface area contributed by atoms with Crippen molar-refractivity contribution in [1.82, 2.24) is 5.32 Å². The van der Waals surface area contributed by atoms with Gasteiger partial charge >= 0.3 is 0 Å². The summed E-state index contributed by atoms with van der Waals surface area (Å²) in [7, 11) is 0. The zero-order chi connectivity index (χ0) is 15.8. The van der Waals surface area contributed by atoms with Crippen LogP contribution in [0, 0.1) is 0 Å². The van der Waals surface area contributed by atoms with Crippen LogP contribution in [0.15, 0.2) is 55.1 Å². The normalized spacial score (nSPS) is 10.5. The molecule has 0 radical (unpaired) electrons. The summed E-state index contributed by atoms with van der Waals surface area (Å²) < 4.78 is 0. The van der Waals surface area contributed by atoms with E-state index < -0.39 is 0 Å². The number of rotatable bonds is 8. The fourth-order valence-electron chi connectivity index (χ4n) is 2.46. The highest BCUT2D eigenvalue weighted by Gasteiger charge is 2.02. The van der Waals surface area contributed by atoms with Crippen molar-refractivity contribution in [2.45, 2.75) is 19.3 Å². The Balaban J connectivity index is 1.75. The average molecular weight is 297 g/mol. The molecule has 0 atom stereocenters. The molecule has 3 N–H and O–H groups in total. The van der Waals surface area contributed by atoms with E-state index in [0.717, 1.165) is 37.9 Å². The topological polar surface area (TPSA) is 52.5 Å². The van der Waals surface area contributed by atoms with E-state index >= 15 is 0 Å². The van der Waals surface area contributed by atoms with Crippen molar-refractivity contribution in [3.63, 3.8) is 0 Å². The van der Waals surface area contributed by atoms with E-state index in [1.165, 1.54) is 17.2 Å². The first-order chi connectivity index (χ1) is 10.7. The van der Waals surface area contributed by atoms with E-state index in [0.29, 0.717) is 0 Å². The quantitative estimate of drug-likeness (QED) is 0.398. The van der Waals surface area contributed by atoms with Gasteiger partial charge in [0, 0.05) is 0 Å². The second kappa shape index (κ2) is 8.25. The second-order valence-corrected chi connectivity index (χ2v) is 5.33. The molecule has 0 unspecified atom stereocenters. The molecule has 0 aliphatic rings. The number of hydrogen-bond acceptors (Lipinski definition) is 3. The van der Waals surface area contributed by atoms with E-state index in [1.54, 1.807) is 6.07 Å². The molecule has 0 saturated heterocycles. The third-order valence-corrected chi connectivity index (χ3v) is 3.68. The lowest BCUT2D eigenvalue weighted by molar-refractivity contribution is 0.403. The Kier molecular flexibility index (Phi) is 6.04. The van der Waals surface area contributed by atoms with Crippen LogP contribution in [-0.4, -0.2) is 23.3 Å². The Morgan fingerprint density at radius 1 is 0.909 bits per heavy atom. The molecule has 3 nitrogen and oxygen atoms in total. The molecule has 0 heterocycles. The monoisotopic (exact) mass is 297 g/mol. The Morgan fingerprint density at radius 2 is 1.64 bits per heavy atom. The summed E-state index contributed by atoms with van der Waals surface area (Å²) in [4.78, 5) is 0. The molecule has 0 fully saturated rings. The van der Waals surface area contributed by atoms with Gasteiger partial charge in [-0.15, -0.1) is 6.58 Å². The van der Waals surface area contributed by atoms with Crippen LogP contribution in [0.5, 0.6) is 11.5 Å². The summed E-state index contributed by atoms with van der Waals surface area (Å²) in [5, 5.41) is 22.1. The summed E-state index contributed by atoms with van der Waals surface area (Å²) in [5.41, 5.74) is 3.70. The number of phenolic OH excluding ortho intramolecular Hbond substituents is 2. The number of nitrogens with one attached hydrogen (secondary N) is 1. The van der Waals surface area contributed by atoms with Gasteiger partial charge in [-0.1, -0.05) is 36.4 Å². The van der Waals surface area contributed by atoms with Crippen molar-refractivity contribution >= 4 is 0 Å². The van der Waals surface area contributed by atoms with Gasteiger partial charge in [0.05, 0.1) is 0 Å². The first kappa shape index (κ1) is 16.1. The van der Waals surface area contributed by atoms with Gasteiger partial charge in [0.2, 0.25) is 0 Å². The lowest BCUT2D eigenvalue weighted by atomic mass is 10.0. The molecular formula is C19H23NO2. The molecule has 0 aliphatic heterocycles. The van der Waals surface area contributed by atoms with E-state index in [-0.39, 0.29) is 11.5 Å². The van der Waals surface area contributed by atoms with E-state index in [2.05, 4.69) is 36.2 Å². The van der Waals surface area contributed by atoms with Crippen LogP contribution >= 0.6 is 0 Å². The molecule has 2 aromatic rings. The van der Waals surface area contributed by atoms with E-state index in [4.69, 9.17) is 0 Å². The predicted octanol–water partition coefficient (Wildman–Crippen LogP) is 3.20. The smallest absolute Gasteiger partial charge is 0.157 e. The number of hydrogen-bond donors (Lipinski definition) is 3. The maximum absolute atomic E-state index is 9.45. The SMILES string of the molecule is C=CCc1ccccc1CCNCCc1ccc(O)c(O)c1. The van der Waals surface area contributed by atoms with Gasteiger partial charge in [0.15, 0.2) is 11.5 Å². The lowest BCUT2D eigenvalue weighted by Crippen LogP contribution is -2.20. The highest BCUT2D eigenvalue weighted by Crippen LogP contribution is 2.24. The first-order valence-corrected chi connectivity index (χ1v) is 7.60.